The number of hydrogen-bond acceptors (Lipinski definition) is 6. The fourth-order valence-corrected chi connectivity index (χ4v) is 3.65. The molecule has 0 aliphatic carbocycles. The quantitative estimate of drug-likeness (QED) is 0.598. The topological polar surface area (TPSA) is 87.7 Å². The molecule has 29 heavy (non-hydrogen) atoms. The van der Waals surface area contributed by atoms with Gasteiger partial charge in [0.25, 0.3) is 0 Å². The van der Waals surface area contributed by atoms with Crippen LogP contribution in [0.3, 0.4) is 0 Å². The van der Waals surface area contributed by atoms with Gasteiger partial charge in [-0.2, -0.15) is 5.21 Å². The van der Waals surface area contributed by atoms with Gasteiger partial charge in [-0.25, -0.2) is 4.98 Å². The summed E-state index contributed by atoms with van der Waals surface area (Å²) in [5, 5.41) is 14.6. The Labute approximate surface area is 171 Å². The van der Waals surface area contributed by atoms with Crippen LogP contribution in [0.25, 0.3) is 11.1 Å². The van der Waals surface area contributed by atoms with Gasteiger partial charge in [-0.15, -0.1) is 10.2 Å². The van der Waals surface area contributed by atoms with Crippen LogP contribution in [0, 0.1) is 5.92 Å². The first-order valence-electron chi connectivity index (χ1n) is 9.96. The lowest BCUT2D eigenvalue weighted by Gasteiger charge is -2.22. The molecule has 0 spiro atoms. The van der Waals surface area contributed by atoms with Crippen molar-refractivity contribution in [3.05, 3.63) is 54.0 Å². The van der Waals surface area contributed by atoms with Crippen molar-refractivity contribution < 1.29 is 4.79 Å². The molecule has 7 nitrogen and oxygen atoms in total. The second-order valence-electron chi connectivity index (χ2n) is 7.58. The van der Waals surface area contributed by atoms with E-state index in [-0.39, 0.29) is 17.6 Å². The molecule has 1 aromatic carbocycles. The van der Waals surface area contributed by atoms with E-state index in [9.17, 15) is 4.79 Å². The number of carbonyl (C=O) groups is 1. The number of H-pyrrole nitrogens is 1. The predicted molar refractivity (Wildman–Crippen MR) is 114 cm³/mol. The van der Waals surface area contributed by atoms with Crippen LogP contribution < -0.4 is 4.90 Å². The maximum Gasteiger partial charge on any atom is 0.178 e. The molecule has 2 atom stereocenters. The number of benzene rings is 1. The summed E-state index contributed by atoms with van der Waals surface area (Å²) in [6, 6.07) is 12.5. The number of ketones is 1. The highest BCUT2D eigenvalue weighted by molar-refractivity contribution is 5.79. The van der Waals surface area contributed by atoms with Crippen molar-refractivity contribution >= 4 is 11.6 Å². The Hall–Kier alpha value is -3.09. The van der Waals surface area contributed by atoms with Gasteiger partial charge >= 0.3 is 0 Å². The second-order valence-corrected chi connectivity index (χ2v) is 7.58. The summed E-state index contributed by atoms with van der Waals surface area (Å²) in [7, 11) is 3.95. The van der Waals surface area contributed by atoms with E-state index >= 15 is 0 Å². The lowest BCUT2D eigenvalue weighted by atomic mass is 9.81. The van der Waals surface area contributed by atoms with Crippen molar-refractivity contribution in [3.63, 3.8) is 0 Å². The third-order valence-electron chi connectivity index (χ3n) is 5.25. The summed E-state index contributed by atoms with van der Waals surface area (Å²) in [5.41, 5.74) is 3.33. The minimum absolute atomic E-state index is 0.0851. The van der Waals surface area contributed by atoms with E-state index in [0.29, 0.717) is 12.2 Å². The monoisotopic (exact) mass is 392 g/mol. The molecule has 0 aliphatic heterocycles. The van der Waals surface area contributed by atoms with Gasteiger partial charge in [0.15, 0.2) is 5.82 Å². The van der Waals surface area contributed by atoms with Gasteiger partial charge in [0.1, 0.15) is 11.6 Å². The standard InChI is InChI=1S/C22H28N6O/c1-5-6-19(15(2)29)20(22-24-26-27-25-22)13-16-7-9-17(10-8-16)18-11-12-21(23-14-18)28(3)4/h7-12,14,19-20H,5-6,13H2,1-4H3,(H,24,25,26,27)/t19-,20+/m1/s1. The van der Waals surface area contributed by atoms with Crippen molar-refractivity contribution in [1.82, 2.24) is 25.6 Å². The number of hydrogen-bond donors (Lipinski definition) is 1. The Morgan fingerprint density at radius 2 is 1.83 bits per heavy atom. The molecule has 1 N–H and O–H groups in total. The fourth-order valence-electron chi connectivity index (χ4n) is 3.65. The Morgan fingerprint density at radius 3 is 2.34 bits per heavy atom. The summed E-state index contributed by atoms with van der Waals surface area (Å²) in [5.74, 6) is 1.51. The summed E-state index contributed by atoms with van der Waals surface area (Å²) in [4.78, 5) is 18.7. The van der Waals surface area contributed by atoms with Gasteiger partial charge < -0.3 is 4.90 Å². The third-order valence-corrected chi connectivity index (χ3v) is 5.25. The second kappa shape index (κ2) is 9.41. The summed E-state index contributed by atoms with van der Waals surface area (Å²) < 4.78 is 0. The van der Waals surface area contributed by atoms with Crippen molar-refractivity contribution in [2.24, 2.45) is 5.92 Å². The molecule has 0 saturated carbocycles. The first-order chi connectivity index (χ1) is 14.0. The van der Waals surface area contributed by atoms with Crippen LogP contribution in [0.2, 0.25) is 0 Å². The van der Waals surface area contributed by atoms with E-state index in [1.807, 2.05) is 31.3 Å². The SMILES string of the molecule is CCC[C@H](C(C)=O)[C@H](Cc1ccc(-c2ccc(N(C)C)nc2)cc1)c1nn[nH]n1. The third kappa shape index (κ3) is 5.04. The molecule has 152 valence electrons. The number of aromatic nitrogens is 5. The van der Waals surface area contributed by atoms with E-state index in [4.69, 9.17) is 0 Å². The fraction of sp³-hybridized carbons (Fsp3) is 0.409. The molecule has 0 unspecified atom stereocenters. The molecule has 0 amide bonds. The predicted octanol–water partition coefficient (Wildman–Crippen LogP) is 3.66. The van der Waals surface area contributed by atoms with Gasteiger partial charge in [0.05, 0.1) is 0 Å². The van der Waals surface area contributed by atoms with Gasteiger partial charge in [-0.3, -0.25) is 4.79 Å². The molecule has 2 heterocycles. The Kier molecular flexibility index (Phi) is 6.69. The van der Waals surface area contributed by atoms with Gasteiger partial charge in [0, 0.05) is 37.7 Å². The van der Waals surface area contributed by atoms with E-state index in [1.54, 1.807) is 6.92 Å². The zero-order valence-electron chi connectivity index (χ0n) is 17.5. The molecule has 3 rings (SSSR count). The van der Waals surface area contributed by atoms with Crippen LogP contribution >= 0.6 is 0 Å². The molecule has 0 fully saturated rings. The minimum Gasteiger partial charge on any atom is -0.363 e. The normalized spacial score (nSPS) is 13.1. The molecular weight excluding hydrogens is 364 g/mol. The first kappa shape index (κ1) is 20.6. The number of aromatic amines is 1. The maximum absolute atomic E-state index is 12.3. The van der Waals surface area contributed by atoms with Crippen LogP contribution in [0.4, 0.5) is 5.82 Å². The van der Waals surface area contributed by atoms with Gasteiger partial charge in [-0.05, 0) is 43.0 Å². The largest absolute Gasteiger partial charge is 0.363 e. The molecule has 2 aromatic heterocycles. The Bertz CT molecular complexity index is 903. The van der Waals surface area contributed by atoms with Crippen LogP contribution in [-0.4, -0.2) is 45.5 Å². The number of pyridine rings is 1. The molecule has 3 aromatic rings. The highest BCUT2D eigenvalue weighted by Crippen LogP contribution is 2.31. The summed E-state index contributed by atoms with van der Waals surface area (Å²) >= 11 is 0. The Morgan fingerprint density at radius 1 is 1.10 bits per heavy atom. The lowest BCUT2D eigenvalue weighted by Crippen LogP contribution is -2.23. The van der Waals surface area contributed by atoms with Crippen molar-refractivity contribution in [3.8, 4) is 11.1 Å². The summed E-state index contributed by atoms with van der Waals surface area (Å²) in [6.45, 7) is 3.74. The Balaban J connectivity index is 1.81. The van der Waals surface area contributed by atoms with Crippen molar-refractivity contribution in [1.29, 1.82) is 0 Å². The molecule has 0 aliphatic rings. The smallest absolute Gasteiger partial charge is 0.178 e. The van der Waals surface area contributed by atoms with Crippen LogP contribution in [0.15, 0.2) is 42.6 Å². The molecule has 0 radical (unpaired) electrons. The zero-order valence-corrected chi connectivity index (χ0v) is 17.5. The van der Waals surface area contributed by atoms with Crippen LogP contribution in [-0.2, 0) is 11.2 Å². The number of tetrazole rings is 1. The van der Waals surface area contributed by atoms with Crippen molar-refractivity contribution in [2.75, 3.05) is 19.0 Å². The number of anilines is 1. The van der Waals surface area contributed by atoms with E-state index in [0.717, 1.165) is 35.3 Å². The number of nitrogens with one attached hydrogen (secondary N) is 1. The lowest BCUT2D eigenvalue weighted by molar-refractivity contribution is -0.121. The summed E-state index contributed by atoms with van der Waals surface area (Å²) in [6.07, 6.45) is 4.34. The average molecular weight is 393 g/mol. The average Bonchev–Trinajstić information content (AvgIpc) is 3.25. The van der Waals surface area contributed by atoms with E-state index < -0.39 is 0 Å². The van der Waals surface area contributed by atoms with Crippen LogP contribution in [0.5, 0.6) is 0 Å². The molecule has 0 saturated heterocycles. The molecular formula is C22H28N6O. The number of nitrogens with zero attached hydrogens (tertiary/aromatic N) is 5. The molecule has 0 bridgehead atoms. The van der Waals surface area contributed by atoms with Gasteiger partial charge in [-0.1, -0.05) is 42.8 Å². The number of rotatable bonds is 9. The minimum atomic E-state index is -0.111. The van der Waals surface area contributed by atoms with Crippen LogP contribution in [0.1, 0.15) is 44.0 Å². The van der Waals surface area contributed by atoms with E-state index in [1.165, 1.54) is 0 Å². The highest BCUT2D eigenvalue weighted by Gasteiger charge is 2.29. The maximum atomic E-state index is 12.3. The molecule has 7 heteroatoms. The number of carbonyl (C=O) groups excluding carboxylic acids is 1. The zero-order chi connectivity index (χ0) is 20.8. The number of Topliss-reactive ketones (excluding diaryl/α,β-unsaturated/α-hetero) is 1. The first-order valence-corrected chi connectivity index (χ1v) is 9.96. The highest BCUT2D eigenvalue weighted by atomic mass is 16.1. The van der Waals surface area contributed by atoms with E-state index in [2.05, 4.69) is 62.9 Å². The van der Waals surface area contributed by atoms with Crippen molar-refractivity contribution in [2.45, 2.75) is 39.0 Å². The van der Waals surface area contributed by atoms with Gasteiger partial charge in [0.2, 0.25) is 0 Å².